The normalized spacial score (nSPS) is 20.0. The molecule has 0 spiro atoms. The molecule has 0 bridgehead atoms. The molecule has 1 aromatic heterocycles. The summed E-state index contributed by atoms with van der Waals surface area (Å²) in [4.78, 5) is 12.2. The Labute approximate surface area is 127 Å². The highest BCUT2D eigenvalue weighted by atomic mass is 19.4. The lowest BCUT2D eigenvalue weighted by atomic mass is 10.1. The molecular formula is C14H21F3N4O. The number of nitrogens with one attached hydrogen (secondary N) is 2. The second kappa shape index (κ2) is 5.91. The predicted octanol–water partition coefficient (Wildman–Crippen LogP) is 2.14. The quantitative estimate of drug-likeness (QED) is 0.878. The van der Waals surface area contributed by atoms with Crippen LogP contribution < -0.4 is 10.6 Å². The van der Waals surface area contributed by atoms with E-state index in [0.717, 1.165) is 30.3 Å². The van der Waals surface area contributed by atoms with Gasteiger partial charge in [-0.3, -0.25) is 9.48 Å². The van der Waals surface area contributed by atoms with Crippen LogP contribution in [0.4, 0.5) is 13.2 Å². The van der Waals surface area contributed by atoms with Crippen molar-refractivity contribution in [3.05, 3.63) is 17.5 Å². The van der Waals surface area contributed by atoms with Gasteiger partial charge in [-0.05, 0) is 40.2 Å². The van der Waals surface area contributed by atoms with E-state index in [2.05, 4.69) is 15.7 Å². The molecule has 0 saturated carbocycles. The lowest BCUT2D eigenvalue weighted by molar-refractivity contribution is -0.146. The zero-order valence-electron chi connectivity index (χ0n) is 12.9. The van der Waals surface area contributed by atoms with Gasteiger partial charge >= 0.3 is 6.18 Å². The zero-order chi connectivity index (χ0) is 16.5. The molecule has 0 aromatic carbocycles. The molecule has 1 aliphatic rings. The average molecular weight is 318 g/mol. The van der Waals surface area contributed by atoms with Crippen molar-refractivity contribution in [1.29, 1.82) is 0 Å². The summed E-state index contributed by atoms with van der Waals surface area (Å²) in [7, 11) is 0. The summed E-state index contributed by atoms with van der Waals surface area (Å²) in [5.74, 6) is -0.725. The molecular weight excluding hydrogens is 297 g/mol. The largest absolute Gasteiger partial charge is 0.433 e. The van der Waals surface area contributed by atoms with Gasteiger partial charge in [0.1, 0.15) is 0 Å². The number of hydrogen-bond acceptors (Lipinski definition) is 3. The summed E-state index contributed by atoms with van der Waals surface area (Å²) in [6, 6.07) is -0.152. The molecule has 2 heterocycles. The van der Waals surface area contributed by atoms with E-state index in [9.17, 15) is 18.0 Å². The van der Waals surface area contributed by atoms with Crippen LogP contribution in [0.1, 0.15) is 49.7 Å². The Bertz CT molecular complexity index is 539. The number of amides is 1. The molecule has 8 heteroatoms. The van der Waals surface area contributed by atoms with E-state index in [1.165, 1.54) is 0 Å². The Morgan fingerprint density at radius 3 is 2.59 bits per heavy atom. The summed E-state index contributed by atoms with van der Waals surface area (Å²) in [6.07, 6.45) is -1.99. The molecule has 1 aliphatic heterocycles. The standard InChI is InChI=1S/C14H21F3N4O/c1-13(2,3)21-11(14(15,16)17)10(8-19-21)12(22)20-9-5-4-6-18-7-9/h8-9,18H,4-7H2,1-3H3,(H,20,22)/t9-/m0/s1. The SMILES string of the molecule is CC(C)(C)n1ncc(C(=O)N[C@H]2CCCNC2)c1C(F)(F)F. The van der Waals surface area contributed by atoms with E-state index >= 15 is 0 Å². The number of nitrogens with zero attached hydrogens (tertiary/aromatic N) is 2. The van der Waals surface area contributed by atoms with E-state index in [1.54, 1.807) is 20.8 Å². The molecule has 2 rings (SSSR count). The van der Waals surface area contributed by atoms with Gasteiger partial charge in [0, 0.05) is 12.6 Å². The molecule has 0 radical (unpaired) electrons. The minimum Gasteiger partial charge on any atom is -0.348 e. The highest BCUT2D eigenvalue weighted by Crippen LogP contribution is 2.34. The summed E-state index contributed by atoms with van der Waals surface area (Å²) < 4.78 is 40.9. The Morgan fingerprint density at radius 1 is 1.41 bits per heavy atom. The first-order valence-corrected chi connectivity index (χ1v) is 7.28. The van der Waals surface area contributed by atoms with Crippen LogP contribution in [0, 0.1) is 0 Å². The van der Waals surface area contributed by atoms with E-state index in [0.29, 0.717) is 6.54 Å². The first kappa shape index (κ1) is 16.8. The molecule has 1 saturated heterocycles. The number of hydrogen-bond donors (Lipinski definition) is 2. The molecule has 22 heavy (non-hydrogen) atoms. The van der Waals surface area contributed by atoms with E-state index in [-0.39, 0.29) is 6.04 Å². The number of alkyl halides is 3. The van der Waals surface area contributed by atoms with Gasteiger partial charge in [-0.1, -0.05) is 0 Å². The Kier molecular flexibility index (Phi) is 4.51. The maximum atomic E-state index is 13.4. The number of aromatic nitrogens is 2. The van der Waals surface area contributed by atoms with Crippen LogP contribution in [0.25, 0.3) is 0 Å². The van der Waals surface area contributed by atoms with Crippen LogP contribution in [-0.4, -0.2) is 34.8 Å². The third-order valence-corrected chi connectivity index (χ3v) is 3.55. The maximum Gasteiger partial charge on any atom is 0.433 e. The minimum atomic E-state index is -4.64. The lowest BCUT2D eigenvalue weighted by Crippen LogP contribution is -2.46. The second-order valence-electron chi connectivity index (χ2n) is 6.50. The molecule has 2 N–H and O–H groups in total. The molecule has 1 aromatic rings. The Balaban J connectivity index is 2.30. The monoisotopic (exact) mass is 318 g/mol. The van der Waals surface area contributed by atoms with Crippen molar-refractivity contribution in [2.75, 3.05) is 13.1 Å². The summed E-state index contributed by atoms with van der Waals surface area (Å²) >= 11 is 0. The first-order chi connectivity index (χ1) is 10.1. The average Bonchev–Trinajstić information content (AvgIpc) is 2.84. The van der Waals surface area contributed by atoms with Gasteiger partial charge in [-0.25, -0.2) is 0 Å². The van der Waals surface area contributed by atoms with E-state index < -0.39 is 28.9 Å². The van der Waals surface area contributed by atoms with Gasteiger partial charge in [0.25, 0.3) is 5.91 Å². The predicted molar refractivity (Wildman–Crippen MR) is 75.6 cm³/mol. The molecule has 124 valence electrons. The molecule has 1 amide bonds. The zero-order valence-corrected chi connectivity index (χ0v) is 12.9. The van der Waals surface area contributed by atoms with Crippen molar-refractivity contribution in [1.82, 2.24) is 20.4 Å². The van der Waals surface area contributed by atoms with Crippen molar-refractivity contribution in [2.24, 2.45) is 0 Å². The van der Waals surface area contributed by atoms with Crippen LogP contribution in [0.5, 0.6) is 0 Å². The number of piperidine rings is 1. The summed E-state index contributed by atoms with van der Waals surface area (Å²) in [6.45, 7) is 6.27. The van der Waals surface area contributed by atoms with Gasteiger partial charge in [-0.15, -0.1) is 0 Å². The molecule has 1 atom stereocenters. The van der Waals surface area contributed by atoms with Crippen LogP contribution in [0.3, 0.4) is 0 Å². The Morgan fingerprint density at radius 2 is 2.09 bits per heavy atom. The topological polar surface area (TPSA) is 59.0 Å². The molecule has 0 unspecified atom stereocenters. The second-order valence-corrected chi connectivity index (χ2v) is 6.50. The van der Waals surface area contributed by atoms with Crippen molar-refractivity contribution in [3.8, 4) is 0 Å². The van der Waals surface area contributed by atoms with Gasteiger partial charge in [0.2, 0.25) is 0 Å². The molecule has 5 nitrogen and oxygen atoms in total. The lowest BCUT2D eigenvalue weighted by Gasteiger charge is -2.25. The maximum absolute atomic E-state index is 13.4. The van der Waals surface area contributed by atoms with E-state index in [1.807, 2.05) is 0 Å². The highest BCUT2D eigenvalue weighted by Gasteiger charge is 2.42. The van der Waals surface area contributed by atoms with Crippen molar-refractivity contribution in [3.63, 3.8) is 0 Å². The van der Waals surface area contributed by atoms with E-state index in [4.69, 9.17) is 0 Å². The highest BCUT2D eigenvalue weighted by molar-refractivity contribution is 5.95. The van der Waals surface area contributed by atoms with Crippen molar-refractivity contribution < 1.29 is 18.0 Å². The fourth-order valence-corrected chi connectivity index (χ4v) is 2.53. The first-order valence-electron chi connectivity index (χ1n) is 7.28. The summed E-state index contributed by atoms with van der Waals surface area (Å²) in [5, 5.41) is 9.55. The number of halogens is 3. The fraction of sp³-hybridized carbons (Fsp3) is 0.714. The van der Waals surface area contributed by atoms with Crippen molar-refractivity contribution in [2.45, 2.75) is 51.4 Å². The van der Waals surface area contributed by atoms with Crippen LogP contribution in [-0.2, 0) is 11.7 Å². The number of carbonyl (C=O) groups excluding carboxylic acids is 1. The molecule has 0 aliphatic carbocycles. The third-order valence-electron chi connectivity index (χ3n) is 3.55. The number of carbonyl (C=O) groups is 1. The van der Waals surface area contributed by atoms with Gasteiger partial charge in [0.05, 0.1) is 17.3 Å². The minimum absolute atomic E-state index is 0.152. The fourth-order valence-electron chi connectivity index (χ4n) is 2.53. The Hall–Kier alpha value is -1.57. The number of rotatable bonds is 2. The van der Waals surface area contributed by atoms with Gasteiger partial charge in [-0.2, -0.15) is 18.3 Å². The smallest absolute Gasteiger partial charge is 0.348 e. The van der Waals surface area contributed by atoms with Gasteiger partial charge in [0.15, 0.2) is 5.69 Å². The van der Waals surface area contributed by atoms with Crippen LogP contribution >= 0.6 is 0 Å². The van der Waals surface area contributed by atoms with Crippen LogP contribution in [0.2, 0.25) is 0 Å². The van der Waals surface area contributed by atoms with Crippen molar-refractivity contribution >= 4 is 5.91 Å². The third kappa shape index (κ3) is 3.60. The molecule has 1 fully saturated rings. The summed E-state index contributed by atoms with van der Waals surface area (Å²) in [5.41, 5.74) is -2.29. The van der Waals surface area contributed by atoms with Gasteiger partial charge < -0.3 is 10.6 Å². The van der Waals surface area contributed by atoms with Crippen LogP contribution in [0.15, 0.2) is 6.20 Å².